The van der Waals surface area contributed by atoms with Gasteiger partial charge in [0.2, 0.25) is 0 Å². The largest absolute Gasteiger partial charge is 0.376 e. The minimum absolute atomic E-state index is 0.0112. The number of rotatable bonds is 3. The molecule has 0 spiro atoms. The zero-order chi connectivity index (χ0) is 13.7. The molecule has 1 aliphatic heterocycles. The highest BCUT2D eigenvalue weighted by Gasteiger charge is 2.19. The van der Waals surface area contributed by atoms with Gasteiger partial charge in [-0.25, -0.2) is 0 Å². The highest BCUT2D eigenvalue weighted by atomic mass is 35.5. The maximum atomic E-state index is 11.6. The molecule has 0 saturated carbocycles. The van der Waals surface area contributed by atoms with E-state index in [9.17, 15) is 9.59 Å². The second-order valence-corrected chi connectivity index (χ2v) is 4.69. The lowest BCUT2D eigenvalue weighted by atomic mass is 10.2. The summed E-state index contributed by atoms with van der Waals surface area (Å²) in [7, 11) is 0. The van der Waals surface area contributed by atoms with Gasteiger partial charge in [0.15, 0.2) is 0 Å². The van der Waals surface area contributed by atoms with Crippen LogP contribution in [0, 0.1) is 0 Å². The molecule has 19 heavy (non-hydrogen) atoms. The molecule has 2 amide bonds. The van der Waals surface area contributed by atoms with Crippen molar-refractivity contribution in [2.24, 2.45) is 0 Å². The number of benzene rings is 1. The third-order valence-electron chi connectivity index (χ3n) is 2.84. The molecule has 2 N–H and O–H groups in total. The van der Waals surface area contributed by atoms with Crippen LogP contribution >= 0.6 is 11.6 Å². The Morgan fingerprint density at radius 3 is 2.79 bits per heavy atom. The maximum absolute atomic E-state index is 11.6. The Labute approximate surface area is 116 Å². The zero-order valence-electron chi connectivity index (χ0n) is 10.3. The summed E-state index contributed by atoms with van der Waals surface area (Å²) in [6.07, 6.45) is 1.91. The van der Waals surface area contributed by atoms with Gasteiger partial charge in [0, 0.05) is 13.2 Å². The summed E-state index contributed by atoms with van der Waals surface area (Å²) in [5.74, 6) is -1.42. The van der Waals surface area contributed by atoms with E-state index in [1.54, 1.807) is 24.3 Å². The van der Waals surface area contributed by atoms with E-state index in [0.717, 1.165) is 12.8 Å². The number of para-hydroxylation sites is 1. The zero-order valence-corrected chi connectivity index (χ0v) is 11.1. The highest BCUT2D eigenvalue weighted by Crippen LogP contribution is 2.20. The van der Waals surface area contributed by atoms with E-state index in [1.807, 2.05) is 0 Å². The Bertz CT molecular complexity index is 473. The molecule has 6 heteroatoms. The van der Waals surface area contributed by atoms with E-state index in [-0.39, 0.29) is 6.10 Å². The summed E-state index contributed by atoms with van der Waals surface area (Å²) in [5, 5.41) is 5.40. The van der Waals surface area contributed by atoms with E-state index >= 15 is 0 Å². The van der Waals surface area contributed by atoms with Crippen LogP contribution in [-0.2, 0) is 14.3 Å². The van der Waals surface area contributed by atoms with E-state index < -0.39 is 11.8 Å². The molecule has 1 aliphatic rings. The van der Waals surface area contributed by atoms with Gasteiger partial charge >= 0.3 is 11.8 Å². The summed E-state index contributed by atoms with van der Waals surface area (Å²) in [6.45, 7) is 1.07. The van der Waals surface area contributed by atoms with Gasteiger partial charge in [-0.05, 0) is 25.0 Å². The number of hydrogen-bond donors (Lipinski definition) is 2. The maximum Gasteiger partial charge on any atom is 0.313 e. The topological polar surface area (TPSA) is 67.4 Å². The van der Waals surface area contributed by atoms with Gasteiger partial charge in [0.25, 0.3) is 0 Å². The van der Waals surface area contributed by atoms with Crippen molar-refractivity contribution >= 4 is 29.1 Å². The van der Waals surface area contributed by atoms with Crippen LogP contribution in [0.4, 0.5) is 5.69 Å². The third-order valence-corrected chi connectivity index (χ3v) is 3.17. The van der Waals surface area contributed by atoms with E-state index in [4.69, 9.17) is 16.3 Å². The van der Waals surface area contributed by atoms with Crippen molar-refractivity contribution in [2.45, 2.75) is 18.9 Å². The summed E-state index contributed by atoms with van der Waals surface area (Å²) >= 11 is 5.89. The predicted molar refractivity (Wildman–Crippen MR) is 72.1 cm³/mol. The fourth-order valence-corrected chi connectivity index (χ4v) is 2.02. The Kier molecular flexibility index (Phi) is 4.76. The fraction of sp³-hybridized carbons (Fsp3) is 0.385. The molecule has 1 fully saturated rings. The van der Waals surface area contributed by atoms with E-state index in [1.165, 1.54) is 0 Å². The van der Waals surface area contributed by atoms with Crippen molar-refractivity contribution in [1.29, 1.82) is 0 Å². The first-order chi connectivity index (χ1) is 9.16. The van der Waals surface area contributed by atoms with Crippen LogP contribution in [0.15, 0.2) is 24.3 Å². The van der Waals surface area contributed by atoms with Gasteiger partial charge in [-0.3, -0.25) is 9.59 Å². The summed E-state index contributed by atoms with van der Waals surface area (Å²) in [4.78, 5) is 23.2. The van der Waals surface area contributed by atoms with Gasteiger partial charge in [0.1, 0.15) is 0 Å². The van der Waals surface area contributed by atoms with Crippen molar-refractivity contribution in [1.82, 2.24) is 5.32 Å². The Hall–Kier alpha value is -1.59. The molecule has 102 valence electrons. The first-order valence-corrected chi connectivity index (χ1v) is 6.50. The number of amides is 2. The molecular formula is C13H15ClN2O3. The Morgan fingerprint density at radius 1 is 1.32 bits per heavy atom. The summed E-state index contributed by atoms with van der Waals surface area (Å²) in [6, 6.07) is 6.75. The Morgan fingerprint density at radius 2 is 2.11 bits per heavy atom. The first kappa shape index (κ1) is 13.8. The third kappa shape index (κ3) is 3.94. The Balaban J connectivity index is 1.82. The van der Waals surface area contributed by atoms with Crippen LogP contribution in [0.2, 0.25) is 5.02 Å². The number of halogens is 1. The van der Waals surface area contributed by atoms with Crippen molar-refractivity contribution in [3.63, 3.8) is 0 Å². The van der Waals surface area contributed by atoms with Gasteiger partial charge in [-0.15, -0.1) is 0 Å². The molecule has 5 nitrogen and oxygen atoms in total. The average molecular weight is 283 g/mol. The smallest absolute Gasteiger partial charge is 0.313 e. The lowest BCUT2D eigenvalue weighted by Crippen LogP contribution is -2.39. The molecule has 1 aromatic carbocycles. The van der Waals surface area contributed by atoms with Gasteiger partial charge in [-0.2, -0.15) is 0 Å². The molecule has 2 rings (SSSR count). The lowest BCUT2D eigenvalue weighted by molar-refractivity contribution is -0.136. The van der Waals surface area contributed by atoms with Crippen LogP contribution in [0.1, 0.15) is 12.8 Å². The molecule has 1 unspecified atom stereocenters. The lowest BCUT2D eigenvalue weighted by Gasteiger charge is -2.11. The number of anilines is 1. The summed E-state index contributed by atoms with van der Waals surface area (Å²) in [5.41, 5.74) is 0.418. The predicted octanol–water partition coefficient (Wildman–Crippen LogP) is 1.57. The van der Waals surface area contributed by atoms with Crippen LogP contribution in [0.3, 0.4) is 0 Å². The standard InChI is InChI=1S/C13H15ClN2O3/c14-10-5-1-2-6-11(10)16-13(18)12(17)15-8-9-4-3-7-19-9/h1-2,5-6,9H,3-4,7-8H2,(H,15,17)(H,16,18). The van der Waals surface area contributed by atoms with Gasteiger partial charge in [0.05, 0.1) is 16.8 Å². The number of carbonyl (C=O) groups is 2. The quantitative estimate of drug-likeness (QED) is 0.827. The molecule has 0 bridgehead atoms. The molecule has 1 atom stereocenters. The van der Waals surface area contributed by atoms with Crippen molar-refractivity contribution < 1.29 is 14.3 Å². The molecule has 0 radical (unpaired) electrons. The SMILES string of the molecule is O=C(NCC1CCCO1)C(=O)Nc1ccccc1Cl. The van der Waals surface area contributed by atoms with Crippen molar-refractivity contribution in [3.8, 4) is 0 Å². The highest BCUT2D eigenvalue weighted by molar-refractivity contribution is 6.41. The molecule has 0 aromatic heterocycles. The second kappa shape index (κ2) is 6.54. The number of nitrogens with one attached hydrogen (secondary N) is 2. The van der Waals surface area contributed by atoms with Gasteiger partial charge < -0.3 is 15.4 Å². The van der Waals surface area contributed by atoms with Crippen molar-refractivity contribution in [2.75, 3.05) is 18.5 Å². The van der Waals surface area contributed by atoms with Crippen molar-refractivity contribution in [3.05, 3.63) is 29.3 Å². The normalized spacial score (nSPS) is 18.1. The molecule has 1 saturated heterocycles. The molecular weight excluding hydrogens is 268 g/mol. The molecule has 1 aromatic rings. The first-order valence-electron chi connectivity index (χ1n) is 6.12. The minimum Gasteiger partial charge on any atom is -0.376 e. The van der Waals surface area contributed by atoms with Crippen LogP contribution in [0.5, 0.6) is 0 Å². The van der Waals surface area contributed by atoms with Crippen LogP contribution in [0.25, 0.3) is 0 Å². The van der Waals surface area contributed by atoms with Gasteiger partial charge in [-0.1, -0.05) is 23.7 Å². The van der Waals surface area contributed by atoms with E-state index in [0.29, 0.717) is 23.9 Å². The van der Waals surface area contributed by atoms with Crippen LogP contribution in [-0.4, -0.2) is 31.1 Å². The molecule has 0 aliphatic carbocycles. The monoisotopic (exact) mass is 282 g/mol. The number of ether oxygens (including phenoxy) is 1. The fourth-order valence-electron chi connectivity index (χ4n) is 1.83. The number of carbonyl (C=O) groups excluding carboxylic acids is 2. The molecule has 1 heterocycles. The summed E-state index contributed by atoms with van der Waals surface area (Å²) < 4.78 is 5.35. The second-order valence-electron chi connectivity index (χ2n) is 4.28. The van der Waals surface area contributed by atoms with Crippen LogP contribution < -0.4 is 10.6 Å². The average Bonchev–Trinajstić information content (AvgIpc) is 2.91. The number of hydrogen-bond acceptors (Lipinski definition) is 3. The minimum atomic E-state index is -0.730. The van der Waals surface area contributed by atoms with E-state index in [2.05, 4.69) is 10.6 Å².